The van der Waals surface area contributed by atoms with Gasteiger partial charge < -0.3 is 15.0 Å². The van der Waals surface area contributed by atoms with Crippen molar-refractivity contribution in [2.24, 2.45) is 18.7 Å². The SMILES string of the molecule is CN(Cc1nccn1C)CC1COCC1N. The van der Waals surface area contributed by atoms with Gasteiger partial charge in [0, 0.05) is 37.9 Å². The van der Waals surface area contributed by atoms with E-state index in [2.05, 4.69) is 16.9 Å². The monoisotopic (exact) mass is 224 g/mol. The number of hydrogen-bond acceptors (Lipinski definition) is 4. The van der Waals surface area contributed by atoms with E-state index in [1.807, 2.05) is 24.0 Å². The first-order chi connectivity index (χ1) is 7.66. The molecular formula is C11H20N4O. The Balaban J connectivity index is 1.84. The fourth-order valence-electron chi connectivity index (χ4n) is 2.06. The molecule has 1 aliphatic heterocycles. The summed E-state index contributed by atoms with van der Waals surface area (Å²) in [5, 5.41) is 0. The Labute approximate surface area is 96.2 Å². The second-order valence-electron chi connectivity index (χ2n) is 4.61. The molecule has 0 saturated carbocycles. The summed E-state index contributed by atoms with van der Waals surface area (Å²) < 4.78 is 7.40. The molecule has 5 heteroatoms. The molecule has 2 unspecified atom stereocenters. The van der Waals surface area contributed by atoms with Gasteiger partial charge in [-0.15, -0.1) is 0 Å². The molecule has 90 valence electrons. The molecule has 5 nitrogen and oxygen atoms in total. The summed E-state index contributed by atoms with van der Waals surface area (Å²) in [6.07, 6.45) is 3.79. The first-order valence-electron chi connectivity index (χ1n) is 5.65. The van der Waals surface area contributed by atoms with Crippen LogP contribution in [0.3, 0.4) is 0 Å². The van der Waals surface area contributed by atoms with Gasteiger partial charge in [-0.25, -0.2) is 4.98 Å². The van der Waals surface area contributed by atoms with Gasteiger partial charge in [-0.1, -0.05) is 0 Å². The Morgan fingerprint density at radius 1 is 1.62 bits per heavy atom. The molecule has 1 saturated heterocycles. The van der Waals surface area contributed by atoms with E-state index in [1.165, 1.54) is 0 Å². The zero-order valence-corrected chi connectivity index (χ0v) is 9.97. The summed E-state index contributed by atoms with van der Waals surface area (Å²) in [5.41, 5.74) is 5.96. The average molecular weight is 224 g/mol. The summed E-state index contributed by atoms with van der Waals surface area (Å²) in [4.78, 5) is 6.56. The number of aryl methyl sites for hydroxylation is 1. The van der Waals surface area contributed by atoms with E-state index in [4.69, 9.17) is 10.5 Å². The van der Waals surface area contributed by atoms with Crippen molar-refractivity contribution in [2.75, 3.05) is 26.8 Å². The third-order valence-electron chi connectivity index (χ3n) is 3.13. The van der Waals surface area contributed by atoms with E-state index in [0.29, 0.717) is 12.5 Å². The van der Waals surface area contributed by atoms with Crippen molar-refractivity contribution >= 4 is 0 Å². The van der Waals surface area contributed by atoms with Crippen molar-refractivity contribution in [1.82, 2.24) is 14.5 Å². The van der Waals surface area contributed by atoms with Crippen LogP contribution < -0.4 is 5.73 Å². The molecule has 1 fully saturated rings. The molecule has 0 radical (unpaired) electrons. The van der Waals surface area contributed by atoms with Crippen LogP contribution in [0.5, 0.6) is 0 Å². The minimum atomic E-state index is 0.184. The molecule has 1 aliphatic rings. The highest BCUT2D eigenvalue weighted by molar-refractivity contribution is 4.91. The second kappa shape index (κ2) is 4.95. The lowest BCUT2D eigenvalue weighted by Gasteiger charge is -2.21. The summed E-state index contributed by atoms with van der Waals surface area (Å²) in [5.74, 6) is 1.53. The summed E-state index contributed by atoms with van der Waals surface area (Å²) >= 11 is 0. The molecule has 0 amide bonds. The normalized spacial score (nSPS) is 25.5. The standard InChI is InChI=1S/C11H20N4O/c1-14(5-9-7-16-8-10(9)12)6-11-13-3-4-15(11)2/h3-4,9-10H,5-8,12H2,1-2H3. The maximum atomic E-state index is 5.96. The number of rotatable bonds is 4. The van der Waals surface area contributed by atoms with Crippen molar-refractivity contribution in [3.05, 3.63) is 18.2 Å². The van der Waals surface area contributed by atoms with E-state index >= 15 is 0 Å². The van der Waals surface area contributed by atoms with Crippen LogP contribution in [0.15, 0.2) is 12.4 Å². The molecule has 2 atom stereocenters. The fourth-order valence-corrected chi connectivity index (χ4v) is 2.06. The van der Waals surface area contributed by atoms with Gasteiger partial charge in [0.2, 0.25) is 0 Å². The fraction of sp³-hybridized carbons (Fsp3) is 0.727. The molecule has 0 aliphatic carbocycles. The van der Waals surface area contributed by atoms with Crippen LogP contribution in [0.4, 0.5) is 0 Å². The minimum absolute atomic E-state index is 0.184. The van der Waals surface area contributed by atoms with Crippen molar-refractivity contribution in [2.45, 2.75) is 12.6 Å². The summed E-state index contributed by atoms with van der Waals surface area (Å²) in [6.45, 7) is 3.30. The lowest BCUT2D eigenvalue weighted by molar-refractivity contribution is 0.172. The van der Waals surface area contributed by atoms with E-state index < -0.39 is 0 Å². The quantitative estimate of drug-likeness (QED) is 0.771. The molecule has 1 aromatic heterocycles. The van der Waals surface area contributed by atoms with Gasteiger partial charge in [0.05, 0.1) is 19.8 Å². The first-order valence-corrected chi connectivity index (χ1v) is 5.65. The molecule has 1 aromatic rings. The number of nitrogens with zero attached hydrogens (tertiary/aromatic N) is 3. The number of hydrogen-bond donors (Lipinski definition) is 1. The Bertz CT molecular complexity index is 338. The van der Waals surface area contributed by atoms with E-state index in [0.717, 1.165) is 25.5 Å². The number of nitrogens with two attached hydrogens (primary N) is 1. The Hall–Kier alpha value is -0.910. The van der Waals surface area contributed by atoms with Crippen molar-refractivity contribution in [1.29, 1.82) is 0 Å². The van der Waals surface area contributed by atoms with Crippen LogP contribution in [0.1, 0.15) is 5.82 Å². The largest absolute Gasteiger partial charge is 0.379 e. The van der Waals surface area contributed by atoms with Crippen LogP contribution in [0.2, 0.25) is 0 Å². The smallest absolute Gasteiger partial charge is 0.122 e. The van der Waals surface area contributed by atoms with Gasteiger partial charge in [0.15, 0.2) is 0 Å². The van der Waals surface area contributed by atoms with Crippen LogP contribution in [-0.2, 0) is 18.3 Å². The molecule has 2 N–H and O–H groups in total. The van der Waals surface area contributed by atoms with E-state index in [-0.39, 0.29) is 6.04 Å². The second-order valence-corrected chi connectivity index (χ2v) is 4.61. The topological polar surface area (TPSA) is 56.3 Å². The third-order valence-corrected chi connectivity index (χ3v) is 3.13. The summed E-state index contributed by atoms with van der Waals surface area (Å²) in [6, 6.07) is 0.184. The van der Waals surface area contributed by atoms with E-state index in [1.54, 1.807) is 0 Å². The molecule has 2 rings (SSSR count). The third kappa shape index (κ3) is 2.61. The Morgan fingerprint density at radius 3 is 3.00 bits per heavy atom. The van der Waals surface area contributed by atoms with Gasteiger partial charge >= 0.3 is 0 Å². The van der Waals surface area contributed by atoms with Crippen molar-refractivity contribution < 1.29 is 4.74 Å². The van der Waals surface area contributed by atoms with Crippen LogP contribution in [0, 0.1) is 5.92 Å². The molecule has 0 bridgehead atoms. The highest BCUT2D eigenvalue weighted by Crippen LogP contribution is 2.13. The highest BCUT2D eigenvalue weighted by atomic mass is 16.5. The van der Waals surface area contributed by atoms with E-state index in [9.17, 15) is 0 Å². The number of ether oxygens (including phenoxy) is 1. The van der Waals surface area contributed by atoms with Gasteiger partial charge in [-0.3, -0.25) is 4.90 Å². The number of imidazole rings is 1. The Morgan fingerprint density at radius 2 is 2.44 bits per heavy atom. The molecule has 2 heterocycles. The minimum Gasteiger partial charge on any atom is -0.379 e. The van der Waals surface area contributed by atoms with Gasteiger partial charge in [0.25, 0.3) is 0 Å². The summed E-state index contributed by atoms with van der Waals surface area (Å²) in [7, 11) is 4.11. The Kier molecular flexibility index (Phi) is 3.58. The van der Waals surface area contributed by atoms with Crippen LogP contribution in [-0.4, -0.2) is 47.3 Å². The maximum Gasteiger partial charge on any atom is 0.122 e. The molecule has 0 aromatic carbocycles. The molecule has 16 heavy (non-hydrogen) atoms. The van der Waals surface area contributed by atoms with Crippen LogP contribution >= 0.6 is 0 Å². The first kappa shape index (κ1) is 11.6. The highest BCUT2D eigenvalue weighted by Gasteiger charge is 2.25. The maximum absolute atomic E-state index is 5.96. The van der Waals surface area contributed by atoms with Crippen LogP contribution in [0.25, 0.3) is 0 Å². The van der Waals surface area contributed by atoms with Gasteiger partial charge in [-0.2, -0.15) is 0 Å². The molecular weight excluding hydrogens is 204 g/mol. The lowest BCUT2D eigenvalue weighted by Crippen LogP contribution is -2.37. The average Bonchev–Trinajstić information content (AvgIpc) is 2.79. The van der Waals surface area contributed by atoms with Crippen molar-refractivity contribution in [3.63, 3.8) is 0 Å². The number of aromatic nitrogens is 2. The lowest BCUT2D eigenvalue weighted by atomic mass is 10.0. The molecule has 0 spiro atoms. The van der Waals surface area contributed by atoms with Gasteiger partial charge in [0.1, 0.15) is 5.82 Å². The zero-order valence-electron chi connectivity index (χ0n) is 9.97. The van der Waals surface area contributed by atoms with Gasteiger partial charge in [-0.05, 0) is 7.05 Å². The zero-order chi connectivity index (χ0) is 11.5. The predicted molar refractivity (Wildman–Crippen MR) is 61.8 cm³/mol. The van der Waals surface area contributed by atoms with Crippen molar-refractivity contribution in [3.8, 4) is 0 Å². The predicted octanol–water partition coefficient (Wildman–Crippen LogP) is -0.174.